The van der Waals surface area contributed by atoms with Crippen LogP contribution in [0.2, 0.25) is 0 Å². The van der Waals surface area contributed by atoms with Gasteiger partial charge in [-0.2, -0.15) is 0 Å². The smallest absolute Gasteiger partial charge is 0.266 e. The van der Waals surface area contributed by atoms with Gasteiger partial charge in [-0.3, -0.25) is 9.78 Å². The van der Waals surface area contributed by atoms with Gasteiger partial charge in [-0.05, 0) is 11.6 Å². The van der Waals surface area contributed by atoms with E-state index in [0.717, 1.165) is 12.4 Å². The van der Waals surface area contributed by atoms with E-state index in [9.17, 15) is 13.6 Å². The summed E-state index contributed by atoms with van der Waals surface area (Å²) in [5.74, 6) is -0.641. The number of alkyl halides is 2. The van der Waals surface area contributed by atoms with Gasteiger partial charge in [0.1, 0.15) is 5.75 Å². The number of aromatic hydroxyl groups is 1. The number of carbonyl (C=O) groups is 1. The van der Waals surface area contributed by atoms with Crippen molar-refractivity contribution in [2.75, 3.05) is 0 Å². The van der Waals surface area contributed by atoms with Crippen molar-refractivity contribution >= 4 is 16.8 Å². The molecular formula is C7H4ClF2NO2. The number of carbonyl (C=O) groups excluding carboxylic acids is 1. The van der Waals surface area contributed by atoms with Crippen molar-refractivity contribution in [2.45, 2.75) is 6.43 Å². The van der Waals surface area contributed by atoms with Gasteiger partial charge in [0, 0.05) is 6.20 Å². The van der Waals surface area contributed by atoms with Crippen LogP contribution in [-0.4, -0.2) is 15.3 Å². The maximum Gasteiger partial charge on any atom is 0.266 e. The van der Waals surface area contributed by atoms with E-state index >= 15 is 0 Å². The quantitative estimate of drug-likeness (QED) is 0.756. The number of rotatable bonds is 2. The standard InChI is InChI=1S/C7H4ClF2NO2/c8-6(13)5-3(7(9)10)1-11-2-4(5)12/h1-2,7,12H. The summed E-state index contributed by atoms with van der Waals surface area (Å²) >= 11 is 5.00. The highest BCUT2D eigenvalue weighted by Gasteiger charge is 2.20. The zero-order valence-corrected chi connectivity index (χ0v) is 6.92. The van der Waals surface area contributed by atoms with E-state index in [0.29, 0.717) is 0 Å². The summed E-state index contributed by atoms with van der Waals surface area (Å²) in [6.07, 6.45) is -1.22. The summed E-state index contributed by atoms with van der Waals surface area (Å²) in [4.78, 5) is 13.9. The highest BCUT2D eigenvalue weighted by Crippen LogP contribution is 2.28. The molecule has 0 aliphatic carbocycles. The number of halogens is 3. The molecule has 13 heavy (non-hydrogen) atoms. The average Bonchev–Trinajstić information content (AvgIpc) is 2.02. The van der Waals surface area contributed by atoms with E-state index in [1.807, 2.05) is 0 Å². The van der Waals surface area contributed by atoms with Crippen molar-refractivity contribution in [3.63, 3.8) is 0 Å². The van der Waals surface area contributed by atoms with Crippen LogP contribution in [0.1, 0.15) is 22.3 Å². The first-order chi connectivity index (χ1) is 6.04. The molecule has 0 radical (unpaired) electrons. The van der Waals surface area contributed by atoms with Crippen molar-refractivity contribution in [3.8, 4) is 5.75 Å². The van der Waals surface area contributed by atoms with Crippen molar-refractivity contribution in [1.82, 2.24) is 4.98 Å². The summed E-state index contributed by atoms with van der Waals surface area (Å²) in [5, 5.41) is 7.88. The van der Waals surface area contributed by atoms with Gasteiger partial charge in [-0.15, -0.1) is 0 Å². The fourth-order valence-corrected chi connectivity index (χ4v) is 1.05. The van der Waals surface area contributed by atoms with Crippen molar-refractivity contribution in [1.29, 1.82) is 0 Å². The summed E-state index contributed by atoms with van der Waals surface area (Å²) in [7, 11) is 0. The third kappa shape index (κ3) is 1.92. The number of aromatic nitrogens is 1. The second-order valence-electron chi connectivity index (χ2n) is 2.20. The normalized spacial score (nSPS) is 10.5. The van der Waals surface area contributed by atoms with E-state index in [2.05, 4.69) is 4.98 Å². The lowest BCUT2D eigenvalue weighted by molar-refractivity contribution is 0.106. The largest absolute Gasteiger partial charge is 0.506 e. The van der Waals surface area contributed by atoms with Crippen LogP contribution < -0.4 is 0 Å². The van der Waals surface area contributed by atoms with Gasteiger partial charge in [0.25, 0.3) is 11.7 Å². The Labute approximate surface area is 77.0 Å². The van der Waals surface area contributed by atoms with Crippen molar-refractivity contribution in [3.05, 3.63) is 23.5 Å². The maximum atomic E-state index is 12.2. The number of hydrogen-bond donors (Lipinski definition) is 1. The van der Waals surface area contributed by atoms with Crippen LogP contribution in [0.3, 0.4) is 0 Å². The molecule has 0 saturated carbocycles. The molecule has 0 aliphatic rings. The van der Waals surface area contributed by atoms with E-state index in [1.54, 1.807) is 0 Å². The molecular weight excluding hydrogens is 204 g/mol. The van der Waals surface area contributed by atoms with Crippen LogP contribution in [0.5, 0.6) is 5.75 Å². The average molecular weight is 208 g/mol. The molecule has 0 spiro atoms. The third-order valence-corrected chi connectivity index (χ3v) is 1.58. The maximum absolute atomic E-state index is 12.2. The molecule has 1 rings (SSSR count). The first kappa shape index (κ1) is 9.85. The minimum absolute atomic E-state index is 0.591. The number of hydrogen-bond acceptors (Lipinski definition) is 3. The predicted octanol–water partition coefficient (Wildman–Crippen LogP) is 2.10. The Kier molecular flexibility index (Phi) is 2.77. The summed E-state index contributed by atoms with van der Waals surface area (Å²) in [6.45, 7) is 0. The SMILES string of the molecule is O=C(Cl)c1c(O)cncc1C(F)F. The monoisotopic (exact) mass is 207 g/mol. The van der Waals surface area contributed by atoms with E-state index in [1.165, 1.54) is 0 Å². The van der Waals surface area contributed by atoms with Gasteiger partial charge in [-0.1, -0.05) is 0 Å². The fourth-order valence-electron chi connectivity index (χ4n) is 0.845. The van der Waals surface area contributed by atoms with Crippen LogP contribution in [0.15, 0.2) is 12.4 Å². The van der Waals surface area contributed by atoms with Gasteiger partial charge >= 0.3 is 0 Å². The first-order valence-electron chi connectivity index (χ1n) is 3.19. The van der Waals surface area contributed by atoms with Crippen LogP contribution >= 0.6 is 11.6 Å². The van der Waals surface area contributed by atoms with Crippen molar-refractivity contribution in [2.24, 2.45) is 0 Å². The molecule has 6 heteroatoms. The van der Waals surface area contributed by atoms with E-state index in [-0.39, 0.29) is 0 Å². The molecule has 1 N–H and O–H groups in total. The van der Waals surface area contributed by atoms with Crippen LogP contribution in [0, 0.1) is 0 Å². The molecule has 0 saturated heterocycles. The lowest BCUT2D eigenvalue weighted by Crippen LogP contribution is -1.99. The summed E-state index contributed by atoms with van der Waals surface area (Å²) in [6, 6.07) is 0. The minimum Gasteiger partial charge on any atom is -0.506 e. The Bertz CT molecular complexity index is 343. The van der Waals surface area contributed by atoms with Gasteiger partial charge in [0.05, 0.1) is 17.3 Å². The first-order valence-corrected chi connectivity index (χ1v) is 3.56. The summed E-state index contributed by atoms with van der Waals surface area (Å²) in [5.41, 5.74) is -1.26. The topological polar surface area (TPSA) is 50.2 Å². The third-order valence-electron chi connectivity index (χ3n) is 1.39. The Balaban J connectivity index is 3.34. The molecule has 3 nitrogen and oxygen atoms in total. The van der Waals surface area contributed by atoms with Gasteiger partial charge in [0.15, 0.2) is 0 Å². The Morgan fingerprint density at radius 3 is 2.54 bits per heavy atom. The van der Waals surface area contributed by atoms with Gasteiger partial charge < -0.3 is 5.11 Å². The van der Waals surface area contributed by atoms with Crippen molar-refractivity contribution < 1.29 is 18.7 Å². The zero-order valence-electron chi connectivity index (χ0n) is 6.17. The lowest BCUT2D eigenvalue weighted by Gasteiger charge is -2.04. The lowest BCUT2D eigenvalue weighted by atomic mass is 10.1. The van der Waals surface area contributed by atoms with Crippen LogP contribution in [-0.2, 0) is 0 Å². The van der Waals surface area contributed by atoms with Crippen LogP contribution in [0.4, 0.5) is 8.78 Å². The second-order valence-corrected chi connectivity index (χ2v) is 2.54. The predicted molar refractivity (Wildman–Crippen MR) is 41.0 cm³/mol. The van der Waals surface area contributed by atoms with Crippen LogP contribution in [0.25, 0.3) is 0 Å². The molecule has 0 aromatic carbocycles. The summed E-state index contributed by atoms with van der Waals surface area (Å²) < 4.78 is 24.4. The number of pyridine rings is 1. The molecule has 0 atom stereocenters. The molecule has 1 aromatic rings. The molecule has 0 aliphatic heterocycles. The fraction of sp³-hybridized carbons (Fsp3) is 0.143. The van der Waals surface area contributed by atoms with E-state index < -0.39 is 28.5 Å². The molecule has 70 valence electrons. The number of nitrogens with zero attached hydrogens (tertiary/aromatic N) is 1. The molecule has 0 amide bonds. The minimum atomic E-state index is -2.89. The highest BCUT2D eigenvalue weighted by atomic mass is 35.5. The second kappa shape index (κ2) is 3.66. The molecule has 1 heterocycles. The van der Waals surface area contributed by atoms with Gasteiger partial charge in [0.2, 0.25) is 0 Å². The zero-order chi connectivity index (χ0) is 10.0. The Morgan fingerprint density at radius 2 is 2.15 bits per heavy atom. The van der Waals surface area contributed by atoms with E-state index in [4.69, 9.17) is 16.7 Å². The Morgan fingerprint density at radius 1 is 1.54 bits per heavy atom. The molecule has 0 unspecified atom stereocenters. The Hall–Kier alpha value is -1.23. The molecule has 1 aromatic heterocycles. The highest BCUT2D eigenvalue weighted by molar-refractivity contribution is 6.68. The molecule has 0 fully saturated rings. The van der Waals surface area contributed by atoms with Gasteiger partial charge in [-0.25, -0.2) is 8.78 Å². The molecule has 0 bridgehead atoms.